The third-order valence-corrected chi connectivity index (χ3v) is 7.17. The maximum absolute atomic E-state index is 11.6. The largest absolute Gasteiger partial charge is 0.497 e. The van der Waals surface area contributed by atoms with E-state index in [0.717, 1.165) is 49.2 Å². The second kappa shape index (κ2) is 7.40. The molecule has 2 N–H and O–H groups in total. The van der Waals surface area contributed by atoms with Gasteiger partial charge in [0, 0.05) is 35.9 Å². The predicted octanol–water partition coefficient (Wildman–Crippen LogP) is 4.71. The molecule has 2 fully saturated rings. The van der Waals surface area contributed by atoms with E-state index in [9.17, 15) is 5.11 Å². The van der Waals surface area contributed by atoms with E-state index in [-0.39, 0.29) is 0 Å². The van der Waals surface area contributed by atoms with E-state index in [2.05, 4.69) is 34.8 Å². The number of nitrogens with zero attached hydrogens (tertiary/aromatic N) is 2. The monoisotopic (exact) mass is 405 g/mol. The lowest BCUT2D eigenvalue weighted by Gasteiger charge is -2.44. The Morgan fingerprint density at radius 1 is 1.17 bits per heavy atom. The molecule has 0 amide bonds. The Hall–Kier alpha value is -2.37. The van der Waals surface area contributed by atoms with Crippen LogP contribution in [0.1, 0.15) is 62.3 Å². The molecular formula is C25H31N3O2. The number of pyridine rings is 1. The van der Waals surface area contributed by atoms with Crippen LogP contribution in [0.5, 0.6) is 5.75 Å². The van der Waals surface area contributed by atoms with Crippen LogP contribution in [-0.4, -0.2) is 39.2 Å². The molecule has 2 aliphatic heterocycles. The second-order valence-electron chi connectivity index (χ2n) is 9.30. The Bertz CT molecular complexity index is 1030. The topological polar surface area (TPSA) is 61.4 Å². The summed E-state index contributed by atoms with van der Waals surface area (Å²) in [6.07, 6.45) is 5.73. The van der Waals surface area contributed by atoms with E-state index >= 15 is 0 Å². The molecule has 0 radical (unpaired) electrons. The molecule has 2 aromatic heterocycles. The first-order valence-electron chi connectivity index (χ1n) is 11.1. The zero-order valence-corrected chi connectivity index (χ0v) is 18.1. The molecular weight excluding hydrogens is 374 g/mol. The summed E-state index contributed by atoms with van der Waals surface area (Å²) in [5.41, 5.74) is 3.91. The first kappa shape index (κ1) is 19.6. The molecule has 158 valence electrons. The summed E-state index contributed by atoms with van der Waals surface area (Å²) in [5.74, 6) is 1.25. The fourth-order valence-corrected chi connectivity index (χ4v) is 5.65. The van der Waals surface area contributed by atoms with E-state index in [1.165, 1.54) is 16.6 Å². The zero-order chi connectivity index (χ0) is 20.9. The van der Waals surface area contributed by atoms with Crippen LogP contribution >= 0.6 is 0 Å². The van der Waals surface area contributed by atoms with Crippen LogP contribution < -0.4 is 4.74 Å². The number of aromatic nitrogens is 2. The highest BCUT2D eigenvalue weighted by Crippen LogP contribution is 2.47. The molecule has 5 nitrogen and oxygen atoms in total. The third kappa shape index (κ3) is 3.21. The normalized spacial score (nSPS) is 26.6. The fraction of sp³-hybridized carbons (Fsp3) is 0.480. The number of methoxy groups -OCH3 is 1. The molecule has 1 aromatic carbocycles. The Kier molecular flexibility index (Phi) is 4.83. The van der Waals surface area contributed by atoms with Crippen molar-refractivity contribution in [1.29, 1.82) is 0 Å². The number of aromatic amines is 1. The van der Waals surface area contributed by atoms with Gasteiger partial charge in [-0.3, -0.25) is 4.90 Å². The Balaban J connectivity index is 1.42. The summed E-state index contributed by atoms with van der Waals surface area (Å²) in [7, 11) is 1.67. The quantitative estimate of drug-likeness (QED) is 0.645. The van der Waals surface area contributed by atoms with Gasteiger partial charge in [-0.25, -0.2) is 4.98 Å². The number of rotatable bonds is 5. The molecule has 5 heteroatoms. The van der Waals surface area contributed by atoms with Gasteiger partial charge in [-0.1, -0.05) is 26.0 Å². The lowest BCUT2D eigenvalue weighted by molar-refractivity contribution is -0.0594. The van der Waals surface area contributed by atoms with Crippen LogP contribution in [-0.2, 0) is 12.1 Å². The van der Waals surface area contributed by atoms with E-state index in [0.29, 0.717) is 18.0 Å². The van der Waals surface area contributed by atoms with E-state index in [4.69, 9.17) is 4.74 Å². The Morgan fingerprint density at radius 3 is 2.50 bits per heavy atom. The van der Waals surface area contributed by atoms with Crippen molar-refractivity contribution in [2.45, 2.75) is 69.7 Å². The number of fused-ring (bicyclic) bond motifs is 3. The van der Waals surface area contributed by atoms with Crippen molar-refractivity contribution in [1.82, 2.24) is 14.9 Å². The lowest BCUT2D eigenvalue weighted by Crippen LogP contribution is -2.49. The molecule has 3 aromatic rings. The summed E-state index contributed by atoms with van der Waals surface area (Å²) in [5, 5.41) is 12.8. The average Bonchev–Trinajstić information content (AvgIpc) is 3.24. The SMILES string of the molecule is COc1ccc(C2(O)C[C@H]3CC[C@@H](C2)N3Cc2c(C(C)C)[nH]c3ncccc23)cc1. The molecule has 0 saturated carbocycles. The minimum atomic E-state index is -0.753. The van der Waals surface area contributed by atoms with Crippen molar-refractivity contribution in [2.75, 3.05) is 7.11 Å². The smallest absolute Gasteiger partial charge is 0.137 e. The van der Waals surface area contributed by atoms with Gasteiger partial charge < -0.3 is 14.8 Å². The first-order valence-corrected chi connectivity index (χ1v) is 11.1. The minimum Gasteiger partial charge on any atom is -0.497 e. The molecule has 0 aliphatic carbocycles. The van der Waals surface area contributed by atoms with Crippen LogP contribution in [0.25, 0.3) is 11.0 Å². The lowest BCUT2D eigenvalue weighted by atomic mass is 9.80. The number of hydrogen-bond donors (Lipinski definition) is 2. The molecule has 30 heavy (non-hydrogen) atoms. The number of aliphatic hydroxyl groups is 1. The van der Waals surface area contributed by atoms with E-state index < -0.39 is 5.60 Å². The van der Waals surface area contributed by atoms with Crippen molar-refractivity contribution in [3.8, 4) is 5.75 Å². The predicted molar refractivity (Wildman–Crippen MR) is 119 cm³/mol. The van der Waals surface area contributed by atoms with Gasteiger partial charge in [0.2, 0.25) is 0 Å². The Morgan fingerprint density at radius 2 is 1.87 bits per heavy atom. The van der Waals surface area contributed by atoms with Crippen LogP contribution in [0.2, 0.25) is 0 Å². The minimum absolute atomic E-state index is 0.400. The molecule has 1 unspecified atom stereocenters. The molecule has 2 bridgehead atoms. The highest BCUT2D eigenvalue weighted by atomic mass is 16.5. The molecule has 4 heterocycles. The number of benzene rings is 1. The molecule has 2 aliphatic rings. The maximum atomic E-state index is 11.6. The van der Waals surface area contributed by atoms with Crippen molar-refractivity contribution in [3.05, 3.63) is 59.4 Å². The third-order valence-electron chi connectivity index (χ3n) is 7.17. The number of hydrogen-bond acceptors (Lipinski definition) is 4. The fourth-order valence-electron chi connectivity index (χ4n) is 5.65. The van der Waals surface area contributed by atoms with Gasteiger partial charge in [0.05, 0.1) is 12.7 Å². The van der Waals surface area contributed by atoms with Crippen molar-refractivity contribution in [2.24, 2.45) is 0 Å². The maximum Gasteiger partial charge on any atom is 0.137 e. The number of piperidine rings is 1. The van der Waals surface area contributed by atoms with Gasteiger partial charge in [-0.05, 0) is 67.0 Å². The second-order valence-corrected chi connectivity index (χ2v) is 9.30. The summed E-state index contributed by atoms with van der Waals surface area (Å²) < 4.78 is 5.29. The zero-order valence-electron chi connectivity index (χ0n) is 18.1. The van der Waals surface area contributed by atoms with Gasteiger partial charge in [0.1, 0.15) is 11.4 Å². The van der Waals surface area contributed by atoms with Crippen LogP contribution in [0.4, 0.5) is 0 Å². The molecule has 2 saturated heterocycles. The van der Waals surface area contributed by atoms with Gasteiger partial charge in [-0.2, -0.15) is 0 Å². The average molecular weight is 406 g/mol. The van der Waals surface area contributed by atoms with Gasteiger partial charge in [0.15, 0.2) is 0 Å². The number of H-pyrrole nitrogens is 1. The first-order chi connectivity index (χ1) is 14.5. The van der Waals surface area contributed by atoms with Crippen molar-refractivity contribution < 1.29 is 9.84 Å². The highest BCUT2D eigenvalue weighted by molar-refractivity contribution is 5.81. The van der Waals surface area contributed by atoms with Crippen molar-refractivity contribution >= 4 is 11.0 Å². The molecule has 3 atom stereocenters. The van der Waals surface area contributed by atoms with E-state index in [1.54, 1.807) is 7.11 Å². The van der Waals surface area contributed by atoms with Gasteiger partial charge >= 0.3 is 0 Å². The Labute approximate surface area is 178 Å². The summed E-state index contributed by atoms with van der Waals surface area (Å²) in [6, 6.07) is 13.0. The van der Waals surface area contributed by atoms with Crippen LogP contribution in [0, 0.1) is 0 Å². The summed E-state index contributed by atoms with van der Waals surface area (Å²) in [6.45, 7) is 5.40. The number of ether oxygens (including phenoxy) is 1. The van der Waals surface area contributed by atoms with E-state index in [1.807, 2.05) is 36.5 Å². The molecule has 5 rings (SSSR count). The van der Waals surface area contributed by atoms with Gasteiger partial charge in [0.25, 0.3) is 0 Å². The summed E-state index contributed by atoms with van der Waals surface area (Å²) in [4.78, 5) is 10.7. The molecule has 0 spiro atoms. The van der Waals surface area contributed by atoms with Gasteiger partial charge in [-0.15, -0.1) is 0 Å². The van der Waals surface area contributed by atoms with Crippen LogP contribution in [0.3, 0.4) is 0 Å². The van der Waals surface area contributed by atoms with Crippen molar-refractivity contribution in [3.63, 3.8) is 0 Å². The highest BCUT2D eigenvalue weighted by Gasteiger charge is 2.48. The number of nitrogens with one attached hydrogen (secondary N) is 1. The summed E-state index contributed by atoms with van der Waals surface area (Å²) >= 11 is 0. The van der Waals surface area contributed by atoms with Crippen LogP contribution in [0.15, 0.2) is 42.6 Å². The standard InChI is InChI=1S/C25H31N3O2/c1-16(2)23-22(21-5-4-12-26-24(21)27-23)15-28-18-8-9-19(28)14-25(29,13-18)17-6-10-20(30-3)11-7-17/h4-7,10-12,16,18-19,29H,8-9,13-15H2,1-3H3,(H,26,27)/t18-,19+,25?.